The number of nitrogens with one attached hydrogen (secondary N) is 1. The lowest BCUT2D eigenvalue weighted by atomic mass is 9.92. The van der Waals surface area contributed by atoms with Gasteiger partial charge in [-0.1, -0.05) is 0 Å². The number of nitrogens with zero attached hydrogens (tertiary/aromatic N) is 3. The van der Waals surface area contributed by atoms with Gasteiger partial charge in [0.05, 0.1) is 19.1 Å². The normalized spacial score (nSPS) is 22.8. The first-order valence-electron chi connectivity index (χ1n) is 8.25. The topological polar surface area (TPSA) is 78.2 Å². The van der Waals surface area contributed by atoms with Crippen LogP contribution in [0.5, 0.6) is 0 Å². The molecule has 1 amide bonds. The minimum Gasteiger partial charge on any atom is -0.381 e. The van der Waals surface area contributed by atoms with Crippen molar-refractivity contribution in [2.75, 3.05) is 37.7 Å². The summed E-state index contributed by atoms with van der Waals surface area (Å²) in [6, 6.07) is 5.56. The van der Waals surface area contributed by atoms with Gasteiger partial charge in [0.1, 0.15) is 17.4 Å². The van der Waals surface area contributed by atoms with Crippen molar-refractivity contribution in [2.45, 2.75) is 24.9 Å². The molecule has 2 fully saturated rings. The molecule has 0 bridgehead atoms. The van der Waals surface area contributed by atoms with Crippen LogP contribution in [0.15, 0.2) is 18.3 Å². The van der Waals surface area contributed by atoms with E-state index in [1.807, 2.05) is 17.0 Å². The molecule has 1 N–H and O–H groups in total. The lowest BCUT2D eigenvalue weighted by molar-refractivity contribution is -0.125. The molecule has 0 saturated carbocycles. The zero-order valence-electron chi connectivity index (χ0n) is 13.5. The third kappa shape index (κ3) is 3.82. The van der Waals surface area contributed by atoms with Crippen LogP contribution in [-0.4, -0.2) is 49.4 Å². The molecular formula is C17H21FN4O2. The Hall–Kier alpha value is -2.20. The van der Waals surface area contributed by atoms with Crippen LogP contribution in [-0.2, 0) is 9.53 Å². The van der Waals surface area contributed by atoms with Crippen LogP contribution in [0.2, 0.25) is 0 Å². The second kappa shape index (κ2) is 7.14. The van der Waals surface area contributed by atoms with Crippen molar-refractivity contribution in [3.63, 3.8) is 0 Å². The molecule has 7 heteroatoms. The number of anilines is 1. The average molecular weight is 332 g/mol. The zero-order valence-corrected chi connectivity index (χ0v) is 13.5. The minimum atomic E-state index is -1.38. The average Bonchev–Trinajstić information content (AvgIpc) is 3.15. The van der Waals surface area contributed by atoms with Crippen molar-refractivity contribution in [3.05, 3.63) is 24.0 Å². The number of ether oxygens (including phenoxy) is 1. The van der Waals surface area contributed by atoms with E-state index < -0.39 is 5.67 Å². The van der Waals surface area contributed by atoms with Crippen LogP contribution in [0.3, 0.4) is 0 Å². The summed E-state index contributed by atoms with van der Waals surface area (Å²) in [6.07, 6.45) is 2.99. The number of alkyl halides is 1. The molecule has 0 aliphatic carbocycles. The number of amides is 1. The summed E-state index contributed by atoms with van der Waals surface area (Å²) in [7, 11) is 0. The van der Waals surface area contributed by atoms with Crippen molar-refractivity contribution in [3.8, 4) is 6.07 Å². The predicted octanol–water partition coefficient (Wildman–Crippen LogP) is 1.41. The fourth-order valence-corrected chi connectivity index (χ4v) is 3.15. The summed E-state index contributed by atoms with van der Waals surface area (Å²) in [6.45, 7) is 2.18. The highest BCUT2D eigenvalue weighted by Gasteiger charge is 2.36. The van der Waals surface area contributed by atoms with E-state index in [1.165, 1.54) is 0 Å². The molecular weight excluding hydrogens is 311 g/mol. The fraction of sp³-hybridized carbons (Fsp3) is 0.588. The quantitative estimate of drug-likeness (QED) is 0.902. The van der Waals surface area contributed by atoms with E-state index in [1.54, 1.807) is 12.3 Å². The molecule has 1 aromatic rings. The molecule has 0 radical (unpaired) electrons. The Kier molecular flexibility index (Phi) is 4.95. The summed E-state index contributed by atoms with van der Waals surface area (Å²) in [4.78, 5) is 18.0. The number of aromatic nitrogens is 1. The van der Waals surface area contributed by atoms with E-state index in [9.17, 15) is 9.18 Å². The number of halogens is 1. The van der Waals surface area contributed by atoms with E-state index in [-0.39, 0.29) is 18.4 Å². The Morgan fingerprint density at radius 2 is 2.33 bits per heavy atom. The molecule has 1 atom stereocenters. The molecule has 128 valence electrons. The molecule has 3 heterocycles. The number of hydrogen-bond donors (Lipinski definition) is 1. The van der Waals surface area contributed by atoms with Gasteiger partial charge >= 0.3 is 0 Å². The monoisotopic (exact) mass is 332 g/mol. The third-order valence-corrected chi connectivity index (χ3v) is 4.76. The smallest absolute Gasteiger partial charge is 0.225 e. The van der Waals surface area contributed by atoms with E-state index in [4.69, 9.17) is 10.00 Å². The first kappa shape index (κ1) is 16.7. The number of pyridine rings is 1. The zero-order chi connectivity index (χ0) is 17.0. The summed E-state index contributed by atoms with van der Waals surface area (Å²) >= 11 is 0. The molecule has 2 saturated heterocycles. The number of carbonyl (C=O) groups excluding carboxylic acids is 1. The predicted molar refractivity (Wildman–Crippen MR) is 86.2 cm³/mol. The number of carbonyl (C=O) groups is 1. The Morgan fingerprint density at radius 1 is 1.54 bits per heavy atom. The Balaban J connectivity index is 1.51. The molecule has 2 aliphatic heterocycles. The van der Waals surface area contributed by atoms with Gasteiger partial charge in [0.2, 0.25) is 5.91 Å². The van der Waals surface area contributed by atoms with Gasteiger partial charge in [0, 0.05) is 44.4 Å². The van der Waals surface area contributed by atoms with E-state index in [2.05, 4.69) is 10.3 Å². The van der Waals surface area contributed by atoms with E-state index >= 15 is 0 Å². The van der Waals surface area contributed by atoms with Crippen LogP contribution in [0, 0.1) is 17.2 Å². The van der Waals surface area contributed by atoms with Crippen molar-refractivity contribution in [2.24, 2.45) is 5.92 Å². The van der Waals surface area contributed by atoms with Crippen LogP contribution in [0.4, 0.5) is 10.1 Å². The number of hydrogen-bond acceptors (Lipinski definition) is 5. The van der Waals surface area contributed by atoms with Gasteiger partial charge in [-0.3, -0.25) is 4.79 Å². The molecule has 2 aliphatic rings. The molecule has 6 nitrogen and oxygen atoms in total. The molecule has 1 unspecified atom stereocenters. The maximum atomic E-state index is 14.9. The van der Waals surface area contributed by atoms with Crippen molar-refractivity contribution in [1.29, 1.82) is 5.26 Å². The van der Waals surface area contributed by atoms with Gasteiger partial charge in [-0.15, -0.1) is 0 Å². The maximum absolute atomic E-state index is 14.9. The lowest BCUT2D eigenvalue weighted by Crippen LogP contribution is -2.49. The fourth-order valence-electron chi connectivity index (χ4n) is 3.15. The van der Waals surface area contributed by atoms with Crippen LogP contribution in [0.1, 0.15) is 25.0 Å². The summed E-state index contributed by atoms with van der Waals surface area (Å²) in [5, 5.41) is 11.7. The van der Waals surface area contributed by atoms with Gasteiger partial charge in [0.25, 0.3) is 0 Å². The van der Waals surface area contributed by atoms with Gasteiger partial charge in [-0.05, 0) is 18.6 Å². The molecule has 0 spiro atoms. The Labute approximate surface area is 140 Å². The van der Waals surface area contributed by atoms with Crippen molar-refractivity contribution < 1.29 is 13.9 Å². The SMILES string of the molecule is N#Cc1cc(N2CCC(F)(CNC(=O)C3CCOC3)CC2)ccn1. The lowest BCUT2D eigenvalue weighted by Gasteiger charge is -2.37. The van der Waals surface area contributed by atoms with Crippen LogP contribution < -0.4 is 10.2 Å². The van der Waals surface area contributed by atoms with Crippen molar-refractivity contribution in [1.82, 2.24) is 10.3 Å². The first-order valence-corrected chi connectivity index (χ1v) is 8.25. The standard InChI is InChI=1S/C17H21FN4O2/c18-17(12-21-16(23)13-2-8-24-11-13)3-6-22(7-4-17)15-1-5-20-14(9-15)10-19/h1,5,9,13H,2-4,6-8,11-12H2,(H,21,23). The first-order chi connectivity index (χ1) is 11.6. The van der Waals surface area contributed by atoms with Crippen LogP contribution in [0.25, 0.3) is 0 Å². The number of rotatable bonds is 4. The summed E-state index contributed by atoms with van der Waals surface area (Å²) in [5.41, 5.74) is -0.136. The summed E-state index contributed by atoms with van der Waals surface area (Å²) in [5.74, 6) is -0.255. The highest BCUT2D eigenvalue weighted by Crippen LogP contribution is 2.29. The Morgan fingerprint density at radius 3 is 3.00 bits per heavy atom. The Bertz CT molecular complexity index is 632. The third-order valence-electron chi connectivity index (χ3n) is 4.76. The van der Waals surface area contributed by atoms with Crippen molar-refractivity contribution >= 4 is 11.6 Å². The molecule has 1 aromatic heterocycles. The second-order valence-electron chi connectivity index (χ2n) is 6.43. The summed E-state index contributed by atoms with van der Waals surface area (Å²) < 4.78 is 20.1. The van der Waals surface area contributed by atoms with Crippen LogP contribution >= 0.6 is 0 Å². The number of nitriles is 1. The second-order valence-corrected chi connectivity index (χ2v) is 6.43. The highest BCUT2D eigenvalue weighted by atomic mass is 19.1. The van der Waals surface area contributed by atoms with E-state index in [0.29, 0.717) is 51.3 Å². The number of piperidine rings is 1. The van der Waals surface area contributed by atoms with Gasteiger partial charge < -0.3 is 15.0 Å². The highest BCUT2D eigenvalue weighted by molar-refractivity contribution is 5.79. The molecule has 0 aromatic carbocycles. The van der Waals surface area contributed by atoms with Gasteiger partial charge in [0.15, 0.2) is 0 Å². The van der Waals surface area contributed by atoms with Gasteiger partial charge in [-0.2, -0.15) is 5.26 Å². The maximum Gasteiger partial charge on any atom is 0.225 e. The van der Waals surface area contributed by atoms with E-state index in [0.717, 1.165) is 5.69 Å². The van der Waals surface area contributed by atoms with Gasteiger partial charge in [-0.25, -0.2) is 9.37 Å². The minimum absolute atomic E-state index is 0.0516. The largest absolute Gasteiger partial charge is 0.381 e. The molecule has 3 rings (SSSR count). The molecule has 24 heavy (non-hydrogen) atoms.